The van der Waals surface area contributed by atoms with Crippen molar-refractivity contribution in [1.29, 1.82) is 5.26 Å². The Balaban J connectivity index is 1.95. The Morgan fingerprint density at radius 2 is 1.38 bits per heavy atom. The van der Waals surface area contributed by atoms with Gasteiger partial charge in [0, 0.05) is 6.42 Å². The number of nitriles is 1. The monoisotopic (exact) mass is 319 g/mol. The minimum absolute atomic E-state index is 0.554. The van der Waals surface area contributed by atoms with Crippen LogP contribution in [0.25, 0.3) is 0 Å². The number of rotatable bonds is 5. The van der Waals surface area contributed by atoms with Crippen LogP contribution in [0, 0.1) is 11.3 Å². The first kappa shape index (κ1) is 16.7. The van der Waals surface area contributed by atoms with Crippen molar-refractivity contribution >= 4 is 0 Å². The van der Waals surface area contributed by atoms with E-state index in [0.29, 0.717) is 0 Å². The first-order valence-electron chi connectivity index (χ1n) is 9.04. The summed E-state index contributed by atoms with van der Waals surface area (Å²) >= 11 is 0. The van der Waals surface area contributed by atoms with E-state index < -0.39 is 5.41 Å². The summed E-state index contributed by atoms with van der Waals surface area (Å²) in [4.78, 5) is 0. The second-order valence-electron chi connectivity index (χ2n) is 7.35. The maximum absolute atomic E-state index is 10.2. The molecule has 0 saturated carbocycles. The zero-order valence-corrected chi connectivity index (χ0v) is 14.6. The third-order valence-corrected chi connectivity index (χ3v) is 5.65. The molecule has 1 fully saturated rings. The maximum Gasteiger partial charge on any atom is 0.112 e. The van der Waals surface area contributed by atoms with E-state index in [1.54, 1.807) is 0 Å². The number of likely N-dealkylation sites (tertiary alicyclic amines) is 1. The van der Waals surface area contributed by atoms with E-state index in [1.165, 1.54) is 32.4 Å². The molecule has 2 heteroatoms. The average molecular weight is 319 g/mol. The van der Waals surface area contributed by atoms with Gasteiger partial charge in [-0.2, -0.15) is 5.26 Å². The summed E-state index contributed by atoms with van der Waals surface area (Å²) in [7, 11) is 2.36. The highest BCUT2D eigenvalue weighted by atomic mass is 15.3. The maximum atomic E-state index is 10.2. The summed E-state index contributed by atoms with van der Waals surface area (Å²) in [5.41, 5.74) is 1.67. The van der Waals surface area contributed by atoms with Gasteiger partial charge in [-0.05, 0) is 30.4 Å². The number of quaternary nitrogens is 1. The quantitative estimate of drug-likeness (QED) is 0.744. The summed E-state index contributed by atoms with van der Waals surface area (Å²) < 4.78 is 1.10. The van der Waals surface area contributed by atoms with Crippen LogP contribution in [0.3, 0.4) is 0 Å². The van der Waals surface area contributed by atoms with E-state index in [-0.39, 0.29) is 0 Å². The van der Waals surface area contributed by atoms with E-state index in [2.05, 4.69) is 37.4 Å². The van der Waals surface area contributed by atoms with E-state index in [0.717, 1.165) is 28.6 Å². The van der Waals surface area contributed by atoms with Gasteiger partial charge in [-0.15, -0.1) is 0 Å². The van der Waals surface area contributed by atoms with Crippen molar-refractivity contribution in [2.24, 2.45) is 0 Å². The normalized spacial score (nSPS) is 17.2. The minimum Gasteiger partial charge on any atom is -0.326 e. The molecule has 24 heavy (non-hydrogen) atoms. The molecule has 3 rings (SSSR count). The lowest BCUT2D eigenvalue weighted by Gasteiger charge is -2.40. The lowest BCUT2D eigenvalue weighted by molar-refractivity contribution is -0.914. The first-order chi connectivity index (χ1) is 11.7. The Kier molecular flexibility index (Phi) is 5.02. The van der Waals surface area contributed by atoms with Crippen LogP contribution < -0.4 is 0 Å². The zero-order chi connectivity index (χ0) is 16.9. The Morgan fingerprint density at radius 1 is 0.875 bits per heavy atom. The van der Waals surface area contributed by atoms with E-state index in [1.807, 2.05) is 36.4 Å². The van der Waals surface area contributed by atoms with Gasteiger partial charge in [0.2, 0.25) is 0 Å². The molecule has 0 N–H and O–H groups in total. The highest BCUT2D eigenvalue weighted by Crippen LogP contribution is 2.36. The molecule has 124 valence electrons. The first-order valence-corrected chi connectivity index (χ1v) is 9.04. The van der Waals surface area contributed by atoms with Crippen molar-refractivity contribution in [3.05, 3.63) is 71.8 Å². The standard InChI is InChI=1S/C22H27N2/c1-24(16-9-4-10-17-24)18-15-22(19-23,20-11-5-2-6-12-20)21-13-7-3-8-14-21/h2-3,5-8,11-14H,4,9-10,15-18H2,1H3/q+1. The molecule has 2 nitrogen and oxygen atoms in total. The van der Waals surface area contributed by atoms with Crippen LogP contribution in [0.2, 0.25) is 0 Å². The second kappa shape index (κ2) is 7.20. The molecule has 1 heterocycles. The third kappa shape index (κ3) is 3.37. The van der Waals surface area contributed by atoms with Crippen LogP contribution >= 0.6 is 0 Å². The van der Waals surface area contributed by atoms with Gasteiger partial charge in [0.25, 0.3) is 0 Å². The Hall–Kier alpha value is -2.11. The SMILES string of the molecule is C[N+]1(CCC(C#N)(c2ccccc2)c2ccccc2)CCCCC1. The molecule has 0 atom stereocenters. The highest BCUT2D eigenvalue weighted by molar-refractivity contribution is 5.45. The fourth-order valence-electron chi connectivity index (χ4n) is 4.02. The van der Waals surface area contributed by atoms with Gasteiger partial charge in [0.1, 0.15) is 5.41 Å². The molecule has 1 aliphatic heterocycles. The molecule has 2 aromatic rings. The van der Waals surface area contributed by atoms with Crippen molar-refractivity contribution in [3.8, 4) is 6.07 Å². The average Bonchev–Trinajstić information content (AvgIpc) is 2.65. The van der Waals surface area contributed by atoms with Gasteiger partial charge < -0.3 is 4.48 Å². The second-order valence-corrected chi connectivity index (χ2v) is 7.35. The van der Waals surface area contributed by atoms with Crippen molar-refractivity contribution in [3.63, 3.8) is 0 Å². The van der Waals surface area contributed by atoms with Crippen molar-refractivity contribution in [1.82, 2.24) is 0 Å². The van der Waals surface area contributed by atoms with Gasteiger partial charge in [-0.3, -0.25) is 0 Å². The summed E-state index contributed by atoms with van der Waals surface area (Å²) in [5.74, 6) is 0. The lowest BCUT2D eigenvalue weighted by atomic mass is 9.73. The molecule has 0 radical (unpaired) electrons. The van der Waals surface area contributed by atoms with E-state index in [4.69, 9.17) is 0 Å². The number of hydrogen-bond acceptors (Lipinski definition) is 1. The molecule has 0 unspecified atom stereocenters. The zero-order valence-electron chi connectivity index (χ0n) is 14.6. The molecule has 0 spiro atoms. The van der Waals surface area contributed by atoms with Crippen LogP contribution in [0.1, 0.15) is 36.8 Å². The predicted octanol–water partition coefficient (Wildman–Crippen LogP) is 4.52. The van der Waals surface area contributed by atoms with E-state index in [9.17, 15) is 5.26 Å². The predicted molar refractivity (Wildman–Crippen MR) is 98.5 cm³/mol. The van der Waals surface area contributed by atoms with Gasteiger partial charge >= 0.3 is 0 Å². The summed E-state index contributed by atoms with van der Waals surface area (Å²) in [5, 5.41) is 10.2. The molecule has 1 aliphatic rings. The number of piperidine rings is 1. The van der Waals surface area contributed by atoms with Gasteiger partial charge in [-0.25, -0.2) is 0 Å². The molecule has 0 aliphatic carbocycles. The summed E-state index contributed by atoms with van der Waals surface area (Å²) in [6, 6.07) is 23.3. The van der Waals surface area contributed by atoms with Crippen LogP contribution in [0.4, 0.5) is 0 Å². The molecule has 0 amide bonds. The van der Waals surface area contributed by atoms with Gasteiger partial charge in [0.15, 0.2) is 0 Å². The molecular formula is C22H27N2+. The fourth-order valence-corrected chi connectivity index (χ4v) is 4.02. The van der Waals surface area contributed by atoms with E-state index >= 15 is 0 Å². The smallest absolute Gasteiger partial charge is 0.112 e. The Bertz CT molecular complexity index is 639. The molecule has 0 bridgehead atoms. The van der Waals surface area contributed by atoms with Crippen molar-refractivity contribution in [2.75, 3.05) is 26.7 Å². The molecule has 2 aromatic carbocycles. The molecule has 1 saturated heterocycles. The van der Waals surface area contributed by atoms with Gasteiger partial charge in [-0.1, -0.05) is 60.7 Å². The fraction of sp³-hybridized carbons (Fsp3) is 0.409. The number of nitrogens with zero attached hydrogens (tertiary/aromatic N) is 2. The lowest BCUT2D eigenvalue weighted by Crippen LogP contribution is -2.50. The third-order valence-electron chi connectivity index (χ3n) is 5.65. The van der Waals surface area contributed by atoms with Crippen LogP contribution in [0.15, 0.2) is 60.7 Å². The van der Waals surface area contributed by atoms with Crippen molar-refractivity contribution < 1.29 is 4.48 Å². The topological polar surface area (TPSA) is 23.8 Å². The van der Waals surface area contributed by atoms with Gasteiger partial charge in [0.05, 0.1) is 32.8 Å². The van der Waals surface area contributed by atoms with Crippen LogP contribution in [-0.2, 0) is 5.41 Å². The number of hydrogen-bond donors (Lipinski definition) is 0. The summed E-state index contributed by atoms with van der Waals surface area (Å²) in [6.45, 7) is 3.54. The Morgan fingerprint density at radius 3 is 1.83 bits per heavy atom. The largest absolute Gasteiger partial charge is 0.326 e. The van der Waals surface area contributed by atoms with Crippen molar-refractivity contribution in [2.45, 2.75) is 31.1 Å². The van der Waals surface area contributed by atoms with Crippen LogP contribution in [-0.4, -0.2) is 31.2 Å². The molecule has 0 aromatic heterocycles. The highest BCUT2D eigenvalue weighted by Gasteiger charge is 2.37. The van der Waals surface area contributed by atoms with Crippen LogP contribution in [0.5, 0.6) is 0 Å². The molecular weight excluding hydrogens is 292 g/mol. The summed E-state index contributed by atoms with van der Waals surface area (Å²) in [6.07, 6.45) is 4.85. The minimum atomic E-state index is -0.554. The Labute approximate surface area is 145 Å². The number of benzene rings is 2.